The number of piperazine rings is 1. The largest absolute Gasteiger partial charge is 0.416 e. The Morgan fingerprint density at radius 1 is 1.20 bits per heavy atom. The number of halogens is 3. The van der Waals surface area contributed by atoms with Crippen molar-refractivity contribution in [2.24, 2.45) is 0 Å². The number of alkyl halides is 3. The van der Waals surface area contributed by atoms with Gasteiger partial charge < -0.3 is 5.32 Å². The maximum absolute atomic E-state index is 12.9. The van der Waals surface area contributed by atoms with E-state index in [9.17, 15) is 13.2 Å². The molecule has 1 aromatic carbocycles. The molecular formula is C15H19F3N2. The van der Waals surface area contributed by atoms with Crippen LogP contribution in [0, 0.1) is 0 Å². The molecule has 110 valence electrons. The molecule has 1 saturated heterocycles. The van der Waals surface area contributed by atoms with Crippen LogP contribution >= 0.6 is 0 Å². The topological polar surface area (TPSA) is 15.3 Å². The van der Waals surface area contributed by atoms with Crippen LogP contribution < -0.4 is 5.32 Å². The van der Waals surface area contributed by atoms with Crippen molar-refractivity contribution in [3.05, 3.63) is 47.5 Å². The molecule has 2 nitrogen and oxygen atoms in total. The van der Waals surface area contributed by atoms with Gasteiger partial charge in [-0.25, -0.2) is 0 Å². The molecule has 0 aromatic heterocycles. The number of nitrogens with one attached hydrogen (secondary N) is 1. The van der Waals surface area contributed by atoms with E-state index in [-0.39, 0.29) is 6.42 Å². The van der Waals surface area contributed by atoms with E-state index in [0.717, 1.165) is 37.8 Å². The van der Waals surface area contributed by atoms with Gasteiger partial charge in [-0.05, 0) is 18.1 Å². The van der Waals surface area contributed by atoms with E-state index < -0.39 is 11.7 Å². The highest BCUT2D eigenvalue weighted by Gasteiger charge is 2.32. The fraction of sp³-hybridized carbons (Fsp3) is 0.467. The third-order valence-corrected chi connectivity index (χ3v) is 3.42. The lowest BCUT2D eigenvalue weighted by molar-refractivity contribution is -0.138. The van der Waals surface area contributed by atoms with Crippen LogP contribution in [0.25, 0.3) is 0 Å². The molecule has 2 rings (SSSR count). The number of hydrogen-bond donors (Lipinski definition) is 1. The third kappa shape index (κ3) is 4.08. The van der Waals surface area contributed by atoms with Gasteiger partial charge in [-0.3, -0.25) is 4.90 Å². The normalized spacial score (nSPS) is 17.1. The first-order valence-corrected chi connectivity index (χ1v) is 6.71. The molecule has 1 aliphatic rings. The van der Waals surface area contributed by atoms with Gasteiger partial charge >= 0.3 is 6.18 Å². The maximum atomic E-state index is 12.9. The minimum atomic E-state index is -4.30. The molecule has 1 N–H and O–H groups in total. The second kappa shape index (κ2) is 6.41. The van der Waals surface area contributed by atoms with Gasteiger partial charge in [0.15, 0.2) is 0 Å². The van der Waals surface area contributed by atoms with Gasteiger partial charge in [0, 0.05) is 32.7 Å². The van der Waals surface area contributed by atoms with Crippen molar-refractivity contribution >= 4 is 0 Å². The average molecular weight is 284 g/mol. The van der Waals surface area contributed by atoms with Crippen LogP contribution in [-0.2, 0) is 12.6 Å². The van der Waals surface area contributed by atoms with Gasteiger partial charge in [0.05, 0.1) is 5.56 Å². The molecule has 5 heteroatoms. The van der Waals surface area contributed by atoms with Crippen molar-refractivity contribution in [2.75, 3.05) is 32.7 Å². The van der Waals surface area contributed by atoms with E-state index in [1.54, 1.807) is 6.07 Å². The second-order valence-corrected chi connectivity index (χ2v) is 5.11. The Morgan fingerprint density at radius 3 is 2.50 bits per heavy atom. The number of rotatable bonds is 4. The molecule has 0 aliphatic carbocycles. The zero-order chi connectivity index (χ0) is 14.6. The standard InChI is InChI=1S/C15H19F3N2/c1-12(11-20-8-6-19-7-9-20)10-13-4-2-3-5-14(13)15(16,17)18/h2-5,19H,1,6-11H2. The van der Waals surface area contributed by atoms with Gasteiger partial charge in [0.1, 0.15) is 0 Å². The molecule has 1 aromatic rings. The summed E-state index contributed by atoms with van der Waals surface area (Å²) < 4.78 is 38.7. The zero-order valence-electron chi connectivity index (χ0n) is 11.3. The van der Waals surface area contributed by atoms with Crippen molar-refractivity contribution in [3.63, 3.8) is 0 Å². The number of hydrogen-bond acceptors (Lipinski definition) is 2. The van der Waals surface area contributed by atoms with Gasteiger partial charge in [-0.15, -0.1) is 0 Å². The summed E-state index contributed by atoms with van der Waals surface area (Å²) in [5, 5.41) is 3.25. The smallest absolute Gasteiger partial charge is 0.314 e. The molecular weight excluding hydrogens is 265 g/mol. The molecule has 0 unspecified atom stereocenters. The Kier molecular flexibility index (Phi) is 4.83. The van der Waals surface area contributed by atoms with Crippen LogP contribution in [0.3, 0.4) is 0 Å². The van der Waals surface area contributed by atoms with Crippen LogP contribution in [0.2, 0.25) is 0 Å². The first kappa shape index (κ1) is 15.1. The predicted molar refractivity (Wildman–Crippen MR) is 73.6 cm³/mol. The lowest BCUT2D eigenvalue weighted by Crippen LogP contribution is -2.44. The Labute approximate surface area is 117 Å². The third-order valence-electron chi connectivity index (χ3n) is 3.42. The Bertz CT molecular complexity index is 462. The summed E-state index contributed by atoms with van der Waals surface area (Å²) in [7, 11) is 0. The Morgan fingerprint density at radius 2 is 1.85 bits per heavy atom. The number of benzene rings is 1. The first-order valence-electron chi connectivity index (χ1n) is 6.71. The molecule has 0 spiro atoms. The summed E-state index contributed by atoms with van der Waals surface area (Å²) in [5.74, 6) is 0. The minimum absolute atomic E-state index is 0.277. The predicted octanol–water partition coefficient (Wildman–Crippen LogP) is 2.71. The van der Waals surface area contributed by atoms with Crippen molar-refractivity contribution < 1.29 is 13.2 Å². The van der Waals surface area contributed by atoms with Crippen LogP contribution in [0.15, 0.2) is 36.4 Å². The lowest BCUT2D eigenvalue weighted by atomic mass is 10.00. The molecule has 1 aliphatic heterocycles. The van der Waals surface area contributed by atoms with Gasteiger partial charge in [-0.2, -0.15) is 13.2 Å². The minimum Gasteiger partial charge on any atom is -0.314 e. The summed E-state index contributed by atoms with van der Waals surface area (Å²) in [6.07, 6.45) is -4.02. The summed E-state index contributed by atoms with van der Waals surface area (Å²) >= 11 is 0. The molecule has 1 fully saturated rings. The van der Waals surface area contributed by atoms with Crippen molar-refractivity contribution in [2.45, 2.75) is 12.6 Å². The number of nitrogens with zero attached hydrogens (tertiary/aromatic N) is 1. The molecule has 20 heavy (non-hydrogen) atoms. The molecule has 0 saturated carbocycles. The summed E-state index contributed by atoms with van der Waals surface area (Å²) in [6.45, 7) is 8.28. The molecule has 0 atom stereocenters. The fourth-order valence-electron chi connectivity index (χ4n) is 2.46. The van der Waals surface area contributed by atoms with E-state index in [1.165, 1.54) is 12.1 Å². The van der Waals surface area contributed by atoms with E-state index in [0.29, 0.717) is 12.1 Å². The highest BCUT2D eigenvalue weighted by molar-refractivity contribution is 5.32. The van der Waals surface area contributed by atoms with Crippen molar-refractivity contribution in [3.8, 4) is 0 Å². The molecule has 0 bridgehead atoms. The van der Waals surface area contributed by atoms with Crippen LogP contribution in [0.1, 0.15) is 11.1 Å². The summed E-state index contributed by atoms with van der Waals surface area (Å²) in [5.41, 5.74) is 0.574. The van der Waals surface area contributed by atoms with Gasteiger partial charge in [0.25, 0.3) is 0 Å². The fourth-order valence-corrected chi connectivity index (χ4v) is 2.46. The lowest BCUT2D eigenvalue weighted by Gasteiger charge is -2.28. The van der Waals surface area contributed by atoms with E-state index in [2.05, 4.69) is 16.8 Å². The maximum Gasteiger partial charge on any atom is 0.416 e. The quantitative estimate of drug-likeness (QED) is 0.855. The van der Waals surface area contributed by atoms with Gasteiger partial charge in [-0.1, -0.05) is 30.4 Å². The highest BCUT2D eigenvalue weighted by atomic mass is 19.4. The van der Waals surface area contributed by atoms with Crippen LogP contribution in [0.5, 0.6) is 0 Å². The Hall–Kier alpha value is -1.33. The highest BCUT2D eigenvalue weighted by Crippen LogP contribution is 2.32. The molecule has 0 amide bonds. The second-order valence-electron chi connectivity index (χ2n) is 5.11. The van der Waals surface area contributed by atoms with E-state index in [4.69, 9.17) is 0 Å². The van der Waals surface area contributed by atoms with E-state index in [1.807, 2.05) is 0 Å². The summed E-state index contributed by atoms with van der Waals surface area (Å²) in [4.78, 5) is 2.22. The molecule has 0 radical (unpaired) electrons. The summed E-state index contributed by atoms with van der Waals surface area (Å²) in [6, 6.07) is 5.73. The van der Waals surface area contributed by atoms with Crippen LogP contribution in [-0.4, -0.2) is 37.6 Å². The van der Waals surface area contributed by atoms with Crippen LogP contribution in [0.4, 0.5) is 13.2 Å². The van der Waals surface area contributed by atoms with Gasteiger partial charge in [0.2, 0.25) is 0 Å². The molecule has 1 heterocycles. The average Bonchev–Trinajstić information content (AvgIpc) is 2.39. The van der Waals surface area contributed by atoms with Crippen molar-refractivity contribution in [1.82, 2.24) is 10.2 Å². The SMILES string of the molecule is C=C(Cc1ccccc1C(F)(F)F)CN1CCNCC1. The zero-order valence-corrected chi connectivity index (χ0v) is 11.3. The monoisotopic (exact) mass is 284 g/mol. The van der Waals surface area contributed by atoms with Crippen molar-refractivity contribution in [1.29, 1.82) is 0 Å². The Balaban J connectivity index is 2.00. The first-order chi connectivity index (χ1) is 9.47. The van der Waals surface area contributed by atoms with E-state index >= 15 is 0 Å².